The minimum Gasteiger partial charge on any atom is -0.320 e. The second-order valence-electron chi connectivity index (χ2n) is 5.42. The van der Waals surface area contributed by atoms with E-state index in [1.165, 1.54) is 5.39 Å². The van der Waals surface area contributed by atoms with Crippen molar-refractivity contribution >= 4 is 10.9 Å². The van der Waals surface area contributed by atoms with E-state index >= 15 is 0 Å². The lowest BCUT2D eigenvalue weighted by Crippen LogP contribution is -2.26. The molecule has 1 aromatic carbocycles. The van der Waals surface area contributed by atoms with E-state index in [4.69, 9.17) is 5.73 Å². The average Bonchev–Trinajstić information content (AvgIpc) is 2.79. The molecule has 16 heavy (non-hydrogen) atoms. The summed E-state index contributed by atoms with van der Waals surface area (Å²) in [4.78, 5) is 4.68. The zero-order valence-electron chi connectivity index (χ0n) is 9.70. The lowest BCUT2D eigenvalue weighted by atomic mass is 10.0. The molecular formula is C14H16N2. The van der Waals surface area contributed by atoms with Gasteiger partial charge in [-0.25, -0.2) is 0 Å². The van der Waals surface area contributed by atoms with E-state index in [0.29, 0.717) is 0 Å². The van der Waals surface area contributed by atoms with E-state index < -0.39 is 0 Å². The molecule has 1 fully saturated rings. The third-order valence-corrected chi connectivity index (χ3v) is 3.86. The van der Waals surface area contributed by atoms with Crippen LogP contribution in [-0.2, 0) is 5.54 Å². The third kappa shape index (κ3) is 1.20. The number of aromatic nitrogens is 1. The fourth-order valence-corrected chi connectivity index (χ4v) is 2.40. The lowest BCUT2D eigenvalue weighted by molar-refractivity contribution is 0.501. The number of nitrogens with two attached hydrogens (primary N) is 1. The van der Waals surface area contributed by atoms with E-state index in [9.17, 15) is 0 Å². The predicted molar refractivity (Wildman–Crippen MR) is 66.0 cm³/mol. The second-order valence-corrected chi connectivity index (χ2v) is 5.42. The Kier molecular flexibility index (Phi) is 1.73. The minimum atomic E-state index is -0.225. The van der Waals surface area contributed by atoms with Crippen molar-refractivity contribution in [2.24, 2.45) is 11.1 Å². The van der Waals surface area contributed by atoms with Crippen LogP contribution >= 0.6 is 0 Å². The Labute approximate surface area is 95.5 Å². The van der Waals surface area contributed by atoms with Gasteiger partial charge in [0, 0.05) is 5.39 Å². The standard InChI is InChI=1S/C14H16N2/c1-13(2)9-14(13,15)12-8-7-10-5-3-4-6-11(10)16-12/h3-8H,9,15H2,1-2H3. The molecule has 1 heterocycles. The molecule has 1 aliphatic carbocycles. The average molecular weight is 212 g/mol. The molecule has 2 heteroatoms. The first-order chi connectivity index (χ1) is 7.53. The quantitative estimate of drug-likeness (QED) is 0.789. The molecule has 2 aromatic rings. The molecule has 0 bridgehead atoms. The Morgan fingerprint density at radius 2 is 1.81 bits per heavy atom. The van der Waals surface area contributed by atoms with Crippen molar-refractivity contribution in [2.75, 3.05) is 0 Å². The van der Waals surface area contributed by atoms with E-state index in [0.717, 1.165) is 17.6 Å². The molecule has 0 amide bonds. The zero-order valence-corrected chi connectivity index (χ0v) is 9.70. The van der Waals surface area contributed by atoms with Gasteiger partial charge in [0.15, 0.2) is 0 Å². The van der Waals surface area contributed by atoms with Gasteiger partial charge in [-0.1, -0.05) is 38.1 Å². The molecule has 1 saturated carbocycles. The molecular weight excluding hydrogens is 196 g/mol. The molecule has 2 N–H and O–H groups in total. The highest BCUT2D eigenvalue weighted by Gasteiger charge is 2.60. The van der Waals surface area contributed by atoms with Crippen LogP contribution in [0.15, 0.2) is 36.4 Å². The Hall–Kier alpha value is -1.41. The molecule has 0 radical (unpaired) electrons. The van der Waals surface area contributed by atoms with Crippen LogP contribution in [0.2, 0.25) is 0 Å². The summed E-state index contributed by atoms with van der Waals surface area (Å²) < 4.78 is 0. The predicted octanol–water partition coefficient (Wildman–Crippen LogP) is 2.82. The van der Waals surface area contributed by atoms with Crippen molar-refractivity contribution in [1.29, 1.82) is 0 Å². The van der Waals surface area contributed by atoms with Crippen LogP contribution in [0, 0.1) is 5.41 Å². The number of para-hydroxylation sites is 1. The van der Waals surface area contributed by atoms with Crippen molar-refractivity contribution in [2.45, 2.75) is 25.8 Å². The molecule has 1 aliphatic rings. The van der Waals surface area contributed by atoms with Crippen LogP contribution in [0.25, 0.3) is 10.9 Å². The van der Waals surface area contributed by atoms with Crippen LogP contribution < -0.4 is 5.73 Å². The fraction of sp³-hybridized carbons (Fsp3) is 0.357. The van der Waals surface area contributed by atoms with Crippen molar-refractivity contribution in [3.8, 4) is 0 Å². The van der Waals surface area contributed by atoms with Gasteiger partial charge in [0.1, 0.15) is 0 Å². The van der Waals surface area contributed by atoms with Crippen molar-refractivity contribution < 1.29 is 0 Å². The monoisotopic (exact) mass is 212 g/mol. The summed E-state index contributed by atoms with van der Waals surface area (Å²) in [5.41, 5.74) is 8.39. The SMILES string of the molecule is CC1(C)CC1(N)c1ccc2ccccc2n1. The van der Waals surface area contributed by atoms with Gasteiger partial charge >= 0.3 is 0 Å². The lowest BCUT2D eigenvalue weighted by Gasteiger charge is -2.14. The zero-order chi connectivity index (χ0) is 11.4. The summed E-state index contributed by atoms with van der Waals surface area (Å²) in [5, 5.41) is 1.17. The van der Waals surface area contributed by atoms with Gasteiger partial charge in [-0.3, -0.25) is 4.98 Å². The van der Waals surface area contributed by atoms with Gasteiger partial charge < -0.3 is 5.73 Å². The molecule has 1 atom stereocenters. The van der Waals surface area contributed by atoms with Crippen molar-refractivity contribution in [1.82, 2.24) is 4.98 Å². The van der Waals surface area contributed by atoms with E-state index in [2.05, 4.69) is 37.0 Å². The maximum atomic E-state index is 6.37. The molecule has 2 nitrogen and oxygen atoms in total. The van der Waals surface area contributed by atoms with Gasteiger partial charge in [0.25, 0.3) is 0 Å². The fourth-order valence-electron chi connectivity index (χ4n) is 2.40. The van der Waals surface area contributed by atoms with E-state index in [1.807, 2.05) is 18.2 Å². The molecule has 0 spiro atoms. The van der Waals surface area contributed by atoms with Gasteiger partial charge in [-0.05, 0) is 24.0 Å². The van der Waals surface area contributed by atoms with Crippen LogP contribution in [0.5, 0.6) is 0 Å². The number of benzene rings is 1. The minimum absolute atomic E-state index is 0.183. The second kappa shape index (κ2) is 2.83. The first-order valence-electron chi connectivity index (χ1n) is 5.68. The highest BCUT2D eigenvalue weighted by atomic mass is 15.0. The molecule has 82 valence electrons. The Bertz CT molecular complexity index is 559. The van der Waals surface area contributed by atoms with Gasteiger partial charge in [-0.2, -0.15) is 0 Å². The van der Waals surface area contributed by atoms with E-state index in [1.54, 1.807) is 0 Å². The number of pyridine rings is 1. The first kappa shape index (κ1) is 9.79. The highest BCUT2D eigenvalue weighted by molar-refractivity contribution is 5.78. The van der Waals surface area contributed by atoms with Crippen LogP contribution in [0.4, 0.5) is 0 Å². The molecule has 0 aliphatic heterocycles. The van der Waals surface area contributed by atoms with Crippen molar-refractivity contribution in [3.05, 3.63) is 42.1 Å². The number of fused-ring (bicyclic) bond motifs is 1. The number of hydrogen-bond acceptors (Lipinski definition) is 2. The van der Waals surface area contributed by atoms with Crippen LogP contribution in [-0.4, -0.2) is 4.98 Å². The molecule has 0 saturated heterocycles. The normalized spacial score (nSPS) is 26.9. The Morgan fingerprint density at radius 3 is 2.50 bits per heavy atom. The van der Waals surface area contributed by atoms with Crippen LogP contribution in [0.3, 0.4) is 0 Å². The third-order valence-electron chi connectivity index (χ3n) is 3.86. The molecule has 1 unspecified atom stereocenters. The summed E-state index contributed by atoms with van der Waals surface area (Å²) in [6, 6.07) is 12.3. The highest BCUT2D eigenvalue weighted by Crippen LogP contribution is 2.59. The molecule has 3 rings (SSSR count). The molecule has 1 aromatic heterocycles. The van der Waals surface area contributed by atoms with Gasteiger partial charge in [-0.15, -0.1) is 0 Å². The Balaban J connectivity index is 2.14. The van der Waals surface area contributed by atoms with Gasteiger partial charge in [0.05, 0.1) is 16.7 Å². The summed E-state index contributed by atoms with van der Waals surface area (Å²) in [7, 11) is 0. The summed E-state index contributed by atoms with van der Waals surface area (Å²) in [5.74, 6) is 0. The summed E-state index contributed by atoms with van der Waals surface area (Å²) in [6.45, 7) is 4.40. The summed E-state index contributed by atoms with van der Waals surface area (Å²) >= 11 is 0. The Morgan fingerprint density at radius 1 is 1.12 bits per heavy atom. The number of rotatable bonds is 1. The van der Waals surface area contributed by atoms with Gasteiger partial charge in [0.2, 0.25) is 0 Å². The first-order valence-corrected chi connectivity index (χ1v) is 5.68. The van der Waals surface area contributed by atoms with E-state index in [-0.39, 0.29) is 11.0 Å². The largest absolute Gasteiger partial charge is 0.320 e. The summed E-state index contributed by atoms with van der Waals surface area (Å²) in [6.07, 6.45) is 1.02. The maximum Gasteiger partial charge on any atom is 0.0706 e. The topological polar surface area (TPSA) is 38.9 Å². The number of nitrogens with zero attached hydrogens (tertiary/aromatic N) is 1. The number of hydrogen-bond donors (Lipinski definition) is 1. The van der Waals surface area contributed by atoms with Crippen molar-refractivity contribution in [3.63, 3.8) is 0 Å². The smallest absolute Gasteiger partial charge is 0.0706 e. The maximum absolute atomic E-state index is 6.37. The van der Waals surface area contributed by atoms with Crippen LogP contribution in [0.1, 0.15) is 26.0 Å².